The molecule has 0 bridgehead atoms. The van der Waals surface area contributed by atoms with Crippen LogP contribution in [0.4, 0.5) is 5.95 Å². The van der Waals surface area contributed by atoms with Gasteiger partial charge in [-0.3, -0.25) is 0 Å². The molecule has 5 nitrogen and oxygen atoms in total. The Morgan fingerprint density at radius 2 is 2.21 bits per heavy atom. The van der Waals surface area contributed by atoms with Crippen LogP contribution >= 0.6 is 0 Å². The van der Waals surface area contributed by atoms with Crippen LogP contribution in [0.15, 0.2) is 6.20 Å². The fraction of sp³-hybridized carbons (Fsp3) is 0.643. The van der Waals surface area contributed by atoms with E-state index in [9.17, 15) is 4.79 Å². The lowest BCUT2D eigenvalue weighted by Crippen LogP contribution is -2.25. The number of anilines is 1. The molecule has 1 fully saturated rings. The van der Waals surface area contributed by atoms with Gasteiger partial charge in [-0.05, 0) is 25.2 Å². The van der Waals surface area contributed by atoms with E-state index in [0.29, 0.717) is 17.6 Å². The Bertz CT molecular complexity index is 462. The average Bonchev–Trinajstić information content (AvgIpc) is 2.37. The zero-order chi connectivity index (χ0) is 13.8. The quantitative estimate of drug-likeness (QED) is 0.873. The summed E-state index contributed by atoms with van der Waals surface area (Å²) >= 11 is 0. The minimum absolute atomic E-state index is 0.164. The molecule has 2 N–H and O–H groups in total. The Hall–Kier alpha value is -1.65. The molecule has 2 rings (SSSR count). The smallest absolute Gasteiger partial charge is 0.339 e. The van der Waals surface area contributed by atoms with Crippen LogP contribution in [0.2, 0.25) is 0 Å². The standard InChI is InChI=1S/C14H21N3O2/c1-9-5-3-4-6-11(9)7-15-14-16-8-12(13(18)19)10(2)17-14/h8-9,11H,3-7H2,1-2H3,(H,18,19)(H,15,16,17). The Morgan fingerprint density at radius 1 is 1.47 bits per heavy atom. The van der Waals surface area contributed by atoms with Crippen LogP contribution in [0.25, 0.3) is 0 Å². The van der Waals surface area contributed by atoms with Crippen LogP contribution in [0.5, 0.6) is 0 Å². The van der Waals surface area contributed by atoms with Crippen molar-refractivity contribution >= 4 is 11.9 Å². The van der Waals surface area contributed by atoms with Crippen LogP contribution < -0.4 is 5.32 Å². The molecule has 5 heteroatoms. The second-order valence-electron chi connectivity index (χ2n) is 5.40. The number of carboxylic acid groups (broad SMARTS) is 1. The molecule has 1 aliphatic rings. The third-order valence-electron chi connectivity index (χ3n) is 4.02. The number of hydrogen-bond acceptors (Lipinski definition) is 4. The minimum atomic E-state index is -0.982. The molecule has 1 saturated carbocycles. The summed E-state index contributed by atoms with van der Waals surface area (Å²) < 4.78 is 0. The van der Waals surface area contributed by atoms with E-state index < -0.39 is 5.97 Å². The van der Waals surface area contributed by atoms with E-state index in [-0.39, 0.29) is 5.56 Å². The van der Waals surface area contributed by atoms with Crippen molar-refractivity contribution < 1.29 is 9.90 Å². The highest BCUT2D eigenvalue weighted by Crippen LogP contribution is 2.29. The van der Waals surface area contributed by atoms with E-state index in [1.165, 1.54) is 31.9 Å². The highest BCUT2D eigenvalue weighted by atomic mass is 16.4. The number of nitrogens with zero attached hydrogens (tertiary/aromatic N) is 2. The third kappa shape index (κ3) is 3.43. The molecule has 0 amide bonds. The second kappa shape index (κ2) is 5.99. The first-order valence-corrected chi connectivity index (χ1v) is 6.88. The lowest BCUT2D eigenvalue weighted by molar-refractivity contribution is 0.0695. The summed E-state index contributed by atoms with van der Waals surface area (Å²) in [5.74, 6) is 0.947. The summed E-state index contributed by atoms with van der Waals surface area (Å²) in [4.78, 5) is 19.1. The third-order valence-corrected chi connectivity index (χ3v) is 4.02. The van der Waals surface area contributed by atoms with Gasteiger partial charge in [-0.15, -0.1) is 0 Å². The van der Waals surface area contributed by atoms with Gasteiger partial charge >= 0.3 is 5.97 Å². The molecule has 19 heavy (non-hydrogen) atoms. The summed E-state index contributed by atoms with van der Waals surface area (Å²) in [5.41, 5.74) is 0.665. The minimum Gasteiger partial charge on any atom is -0.478 e. The predicted molar refractivity (Wildman–Crippen MR) is 73.3 cm³/mol. The zero-order valence-electron chi connectivity index (χ0n) is 11.5. The van der Waals surface area contributed by atoms with Gasteiger partial charge in [-0.2, -0.15) is 0 Å². The lowest BCUT2D eigenvalue weighted by atomic mass is 9.80. The number of carboxylic acids is 1. The number of aryl methyl sites for hydroxylation is 1. The molecule has 1 aliphatic carbocycles. The largest absolute Gasteiger partial charge is 0.478 e. The lowest BCUT2D eigenvalue weighted by Gasteiger charge is -2.28. The average molecular weight is 263 g/mol. The Morgan fingerprint density at radius 3 is 2.84 bits per heavy atom. The van der Waals surface area contributed by atoms with Crippen LogP contribution in [0, 0.1) is 18.8 Å². The van der Waals surface area contributed by atoms with Crippen LogP contribution in [0.1, 0.15) is 48.7 Å². The molecule has 0 aromatic carbocycles. The Labute approximate surface area is 113 Å². The fourth-order valence-electron chi connectivity index (χ4n) is 2.68. The van der Waals surface area contributed by atoms with E-state index >= 15 is 0 Å². The summed E-state index contributed by atoms with van der Waals surface area (Å²) in [6.45, 7) is 4.86. The van der Waals surface area contributed by atoms with Crippen molar-refractivity contribution in [3.05, 3.63) is 17.5 Å². The van der Waals surface area contributed by atoms with Crippen LogP contribution in [-0.4, -0.2) is 27.6 Å². The zero-order valence-corrected chi connectivity index (χ0v) is 11.5. The van der Waals surface area contributed by atoms with Gasteiger partial charge in [0, 0.05) is 12.7 Å². The van der Waals surface area contributed by atoms with Crippen molar-refractivity contribution in [2.75, 3.05) is 11.9 Å². The number of rotatable bonds is 4. The SMILES string of the molecule is Cc1nc(NCC2CCCCC2C)ncc1C(=O)O. The van der Waals surface area contributed by atoms with Gasteiger partial charge < -0.3 is 10.4 Å². The Kier molecular flexibility index (Phi) is 4.35. The van der Waals surface area contributed by atoms with Crippen molar-refractivity contribution in [1.82, 2.24) is 9.97 Å². The van der Waals surface area contributed by atoms with Crippen molar-refractivity contribution in [3.63, 3.8) is 0 Å². The summed E-state index contributed by atoms with van der Waals surface area (Å²) in [7, 11) is 0. The Balaban J connectivity index is 1.96. The molecule has 1 aromatic rings. The highest BCUT2D eigenvalue weighted by molar-refractivity contribution is 5.88. The monoisotopic (exact) mass is 263 g/mol. The maximum Gasteiger partial charge on any atom is 0.339 e. The topological polar surface area (TPSA) is 75.1 Å². The van der Waals surface area contributed by atoms with Gasteiger partial charge in [-0.1, -0.05) is 26.2 Å². The number of carbonyl (C=O) groups is 1. The maximum atomic E-state index is 10.9. The number of aromatic carboxylic acids is 1. The number of aromatic nitrogens is 2. The molecule has 0 aliphatic heterocycles. The van der Waals surface area contributed by atoms with E-state index in [2.05, 4.69) is 22.2 Å². The molecule has 0 spiro atoms. The number of hydrogen-bond donors (Lipinski definition) is 2. The molecular weight excluding hydrogens is 242 g/mol. The number of nitrogens with one attached hydrogen (secondary N) is 1. The maximum absolute atomic E-state index is 10.9. The van der Waals surface area contributed by atoms with Gasteiger partial charge in [0.2, 0.25) is 5.95 Å². The molecule has 104 valence electrons. The van der Waals surface area contributed by atoms with E-state index in [4.69, 9.17) is 5.11 Å². The molecule has 2 unspecified atom stereocenters. The molecule has 0 radical (unpaired) electrons. The summed E-state index contributed by atoms with van der Waals surface area (Å²) in [5, 5.41) is 12.2. The molecule has 1 heterocycles. The highest BCUT2D eigenvalue weighted by Gasteiger charge is 2.21. The van der Waals surface area contributed by atoms with E-state index in [1.54, 1.807) is 6.92 Å². The molecule has 1 aromatic heterocycles. The molecule has 0 saturated heterocycles. The second-order valence-corrected chi connectivity index (χ2v) is 5.40. The van der Waals surface area contributed by atoms with Crippen molar-refractivity contribution in [2.24, 2.45) is 11.8 Å². The van der Waals surface area contributed by atoms with E-state index in [0.717, 1.165) is 12.5 Å². The normalized spacial score (nSPS) is 23.1. The first-order valence-electron chi connectivity index (χ1n) is 6.88. The van der Waals surface area contributed by atoms with Crippen molar-refractivity contribution in [3.8, 4) is 0 Å². The van der Waals surface area contributed by atoms with Gasteiger partial charge in [-0.25, -0.2) is 14.8 Å². The van der Waals surface area contributed by atoms with Crippen LogP contribution in [-0.2, 0) is 0 Å². The molecule has 2 atom stereocenters. The van der Waals surface area contributed by atoms with Gasteiger partial charge in [0.05, 0.1) is 11.3 Å². The molecular formula is C14H21N3O2. The summed E-state index contributed by atoms with van der Waals surface area (Å²) in [6, 6.07) is 0. The fourth-order valence-corrected chi connectivity index (χ4v) is 2.68. The van der Waals surface area contributed by atoms with Gasteiger partial charge in [0.1, 0.15) is 0 Å². The van der Waals surface area contributed by atoms with Gasteiger partial charge in [0.25, 0.3) is 0 Å². The van der Waals surface area contributed by atoms with Gasteiger partial charge in [0.15, 0.2) is 0 Å². The first kappa shape index (κ1) is 13.8. The van der Waals surface area contributed by atoms with Crippen molar-refractivity contribution in [1.29, 1.82) is 0 Å². The van der Waals surface area contributed by atoms with Crippen molar-refractivity contribution in [2.45, 2.75) is 39.5 Å². The first-order chi connectivity index (χ1) is 9.08. The predicted octanol–water partition coefficient (Wildman–Crippen LogP) is 2.72. The van der Waals surface area contributed by atoms with Crippen LogP contribution in [0.3, 0.4) is 0 Å². The van der Waals surface area contributed by atoms with E-state index in [1.807, 2.05) is 0 Å². The summed E-state index contributed by atoms with van der Waals surface area (Å²) in [6.07, 6.45) is 6.55.